The molecule has 1 aliphatic rings. The predicted molar refractivity (Wildman–Crippen MR) is 108 cm³/mol. The Bertz CT molecular complexity index is 930. The maximum atomic E-state index is 12.9. The summed E-state index contributed by atoms with van der Waals surface area (Å²) >= 11 is 0. The molecule has 8 heteroatoms. The van der Waals surface area contributed by atoms with Gasteiger partial charge >= 0.3 is 0 Å². The van der Waals surface area contributed by atoms with E-state index in [1.165, 1.54) is 35.7 Å². The highest BCUT2D eigenvalue weighted by Crippen LogP contribution is 2.25. The molecule has 6 nitrogen and oxygen atoms in total. The lowest BCUT2D eigenvalue weighted by Crippen LogP contribution is -2.45. The van der Waals surface area contributed by atoms with Crippen LogP contribution in [0.3, 0.4) is 0 Å². The highest BCUT2D eigenvalue weighted by Gasteiger charge is 2.33. The van der Waals surface area contributed by atoms with Crippen molar-refractivity contribution in [2.75, 3.05) is 26.7 Å². The maximum Gasteiger partial charge on any atom is 0.243 e. The van der Waals surface area contributed by atoms with Gasteiger partial charge in [-0.25, -0.2) is 12.8 Å². The molecule has 1 heterocycles. The largest absolute Gasteiger partial charge is 0.497 e. The zero-order chi connectivity index (χ0) is 20.9. The number of carbonyl (C=O) groups is 1. The fourth-order valence-corrected chi connectivity index (χ4v) is 4.92. The molecule has 156 valence electrons. The molecule has 29 heavy (non-hydrogen) atoms. The molecule has 1 N–H and O–H groups in total. The summed E-state index contributed by atoms with van der Waals surface area (Å²) in [5.41, 5.74) is 0.930. The molecule has 1 aliphatic heterocycles. The first-order valence-corrected chi connectivity index (χ1v) is 11.0. The minimum Gasteiger partial charge on any atom is -0.497 e. The zero-order valence-electron chi connectivity index (χ0n) is 16.3. The van der Waals surface area contributed by atoms with Crippen molar-refractivity contribution in [2.24, 2.45) is 5.92 Å². The Balaban J connectivity index is 1.57. The van der Waals surface area contributed by atoms with Crippen LogP contribution in [0.2, 0.25) is 0 Å². The van der Waals surface area contributed by atoms with Crippen LogP contribution in [0.25, 0.3) is 0 Å². The second kappa shape index (κ2) is 9.37. The molecule has 0 spiro atoms. The summed E-state index contributed by atoms with van der Waals surface area (Å²) in [6, 6.07) is 12.4. The number of methoxy groups -OCH3 is 1. The molecule has 1 unspecified atom stereocenters. The van der Waals surface area contributed by atoms with Gasteiger partial charge < -0.3 is 10.1 Å². The van der Waals surface area contributed by atoms with E-state index in [0.29, 0.717) is 38.1 Å². The summed E-state index contributed by atoms with van der Waals surface area (Å²) in [6.45, 7) is 0.983. The number of carbonyl (C=O) groups excluding carboxylic acids is 1. The van der Waals surface area contributed by atoms with Crippen LogP contribution in [-0.2, 0) is 21.2 Å². The number of ether oxygens (including phenoxy) is 1. The first kappa shape index (κ1) is 21.3. The number of benzene rings is 2. The lowest BCUT2D eigenvalue weighted by atomic mass is 9.99. The van der Waals surface area contributed by atoms with E-state index in [-0.39, 0.29) is 29.1 Å². The number of rotatable bonds is 7. The first-order valence-electron chi connectivity index (χ1n) is 9.56. The third kappa shape index (κ3) is 5.33. The summed E-state index contributed by atoms with van der Waals surface area (Å²) in [5.74, 6) is -0.245. The van der Waals surface area contributed by atoms with Crippen LogP contribution in [0, 0.1) is 11.7 Å². The van der Waals surface area contributed by atoms with Crippen molar-refractivity contribution in [1.82, 2.24) is 9.62 Å². The standard InChI is InChI=1S/C21H25FN2O4S/c1-28-19-8-10-20(11-9-19)29(26,27)24-14-2-3-17(15-24)21(25)23-13-12-16-4-6-18(22)7-5-16/h4-11,17H,2-3,12-15H2,1H3,(H,23,25). The molecule has 1 amide bonds. The third-order valence-corrected chi connectivity index (χ3v) is 6.96. The van der Waals surface area contributed by atoms with E-state index in [1.54, 1.807) is 24.3 Å². The van der Waals surface area contributed by atoms with Crippen LogP contribution in [0.1, 0.15) is 18.4 Å². The zero-order valence-corrected chi connectivity index (χ0v) is 17.1. The van der Waals surface area contributed by atoms with Crippen LogP contribution in [-0.4, -0.2) is 45.4 Å². The van der Waals surface area contributed by atoms with Gasteiger partial charge in [-0.1, -0.05) is 12.1 Å². The number of halogens is 1. The van der Waals surface area contributed by atoms with Crippen LogP contribution in [0.15, 0.2) is 53.4 Å². The van der Waals surface area contributed by atoms with E-state index in [4.69, 9.17) is 4.74 Å². The topological polar surface area (TPSA) is 75.7 Å². The monoisotopic (exact) mass is 420 g/mol. The van der Waals surface area contributed by atoms with Crippen molar-refractivity contribution in [3.05, 3.63) is 59.9 Å². The Morgan fingerprint density at radius 2 is 1.86 bits per heavy atom. The number of hydrogen-bond acceptors (Lipinski definition) is 4. The molecule has 0 radical (unpaired) electrons. The van der Waals surface area contributed by atoms with E-state index in [2.05, 4.69) is 5.32 Å². The Morgan fingerprint density at radius 1 is 1.17 bits per heavy atom. The van der Waals surface area contributed by atoms with Crippen LogP contribution in [0.5, 0.6) is 5.75 Å². The first-order chi connectivity index (χ1) is 13.9. The van der Waals surface area contributed by atoms with Gasteiger partial charge in [0.25, 0.3) is 0 Å². The lowest BCUT2D eigenvalue weighted by molar-refractivity contribution is -0.126. The molecule has 2 aromatic carbocycles. The number of nitrogens with one attached hydrogen (secondary N) is 1. The molecule has 1 atom stereocenters. The highest BCUT2D eigenvalue weighted by atomic mass is 32.2. The van der Waals surface area contributed by atoms with Crippen molar-refractivity contribution in [3.63, 3.8) is 0 Å². The predicted octanol–water partition coefficient (Wildman–Crippen LogP) is 2.59. The SMILES string of the molecule is COc1ccc(S(=O)(=O)N2CCCC(C(=O)NCCc3ccc(F)cc3)C2)cc1. The van der Waals surface area contributed by atoms with Gasteiger partial charge in [0, 0.05) is 19.6 Å². The summed E-state index contributed by atoms with van der Waals surface area (Å²) in [7, 11) is -2.14. The molecule has 1 saturated heterocycles. The third-order valence-electron chi connectivity index (χ3n) is 5.08. The second-order valence-corrected chi connectivity index (χ2v) is 8.98. The molecule has 0 aromatic heterocycles. The lowest BCUT2D eigenvalue weighted by Gasteiger charge is -2.31. The number of hydrogen-bond donors (Lipinski definition) is 1. The average Bonchev–Trinajstić information content (AvgIpc) is 2.75. The Hall–Kier alpha value is -2.45. The smallest absolute Gasteiger partial charge is 0.243 e. The van der Waals surface area contributed by atoms with Crippen molar-refractivity contribution in [2.45, 2.75) is 24.2 Å². The van der Waals surface area contributed by atoms with Crippen molar-refractivity contribution < 1.29 is 22.3 Å². The van der Waals surface area contributed by atoms with E-state index in [9.17, 15) is 17.6 Å². The average molecular weight is 421 g/mol. The molecular formula is C21H25FN2O4S. The van der Waals surface area contributed by atoms with Crippen LogP contribution < -0.4 is 10.1 Å². The van der Waals surface area contributed by atoms with E-state index >= 15 is 0 Å². The molecule has 0 aliphatic carbocycles. The van der Waals surface area contributed by atoms with Crippen LogP contribution in [0.4, 0.5) is 4.39 Å². The fourth-order valence-electron chi connectivity index (χ4n) is 3.40. The highest BCUT2D eigenvalue weighted by molar-refractivity contribution is 7.89. The quantitative estimate of drug-likeness (QED) is 0.747. The Morgan fingerprint density at radius 3 is 2.52 bits per heavy atom. The van der Waals surface area contributed by atoms with Gasteiger partial charge in [0.1, 0.15) is 11.6 Å². The van der Waals surface area contributed by atoms with Gasteiger partial charge in [-0.05, 0) is 61.2 Å². The van der Waals surface area contributed by atoms with Gasteiger partial charge in [0.05, 0.1) is 17.9 Å². The number of piperidine rings is 1. The van der Waals surface area contributed by atoms with Crippen molar-refractivity contribution in [1.29, 1.82) is 0 Å². The van der Waals surface area contributed by atoms with Gasteiger partial charge in [-0.15, -0.1) is 0 Å². The molecule has 1 fully saturated rings. The molecule has 0 saturated carbocycles. The van der Waals surface area contributed by atoms with Crippen LogP contribution >= 0.6 is 0 Å². The number of amides is 1. The van der Waals surface area contributed by atoms with E-state index in [0.717, 1.165) is 5.56 Å². The summed E-state index contributed by atoms with van der Waals surface area (Å²) in [6.07, 6.45) is 1.87. The summed E-state index contributed by atoms with van der Waals surface area (Å²) in [4.78, 5) is 12.7. The Labute approximate surface area is 170 Å². The maximum absolute atomic E-state index is 12.9. The number of sulfonamides is 1. The van der Waals surface area contributed by atoms with Crippen molar-refractivity contribution >= 4 is 15.9 Å². The van der Waals surface area contributed by atoms with Gasteiger partial charge in [-0.3, -0.25) is 4.79 Å². The summed E-state index contributed by atoms with van der Waals surface area (Å²) < 4.78 is 45.2. The summed E-state index contributed by atoms with van der Waals surface area (Å²) in [5, 5.41) is 2.87. The molecule has 0 bridgehead atoms. The number of nitrogens with zero attached hydrogens (tertiary/aromatic N) is 1. The second-order valence-electron chi connectivity index (χ2n) is 7.05. The minimum atomic E-state index is -3.66. The molecule has 3 rings (SSSR count). The van der Waals surface area contributed by atoms with Crippen molar-refractivity contribution in [3.8, 4) is 5.75 Å². The van der Waals surface area contributed by atoms with Gasteiger partial charge in [0.15, 0.2) is 0 Å². The molecular weight excluding hydrogens is 395 g/mol. The molecule has 2 aromatic rings. The normalized spacial score (nSPS) is 17.7. The Kier molecular flexibility index (Phi) is 6.87. The van der Waals surface area contributed by atoms with Gasteiger partial charge in [-0.2, -0.15) is 4.31 Å². The van der Waals surface area contributed by atoms with E-state index < -0.39 is 10.0 Å². The minimum absolute atomic E-state index is 0.151. The fraction of sp³-hybridized carbons (Fsp3) is 0.381. The van der Waals surface area contributed by atoms with Gasteiger partial charge in [0.2, 0.25) is 15.9 Å². The van der Waals surface area contributed by atoms with E-state index in [1.807, 2.05) is 0 Å².